The van der Waals surface area contributed by atoms with Gasteiger partial charge >= 0.3 is 6.03 Å². The average molecular weight is 422 g/mol. The SMILES string of the molecule is CN(C(=O)NC1CCC(CCN2C3CCC2c2ccccc23)CC1)c1ccc(F)cc1. The van der Waals surface area contributed by atoms with E-state index in [1.165, 1.54) is 50.8 Å². The first-order valence-electron chi connectivity index (χ1n) is 11.7. The molecule has 2 bridgehead atoms. The molecule has 5 heteroatoms. The lowest BCUT2D eigenvalue weighted by atomic mass is 9.84. The molecular formula is C26H32FN3O. The van der Waals surface area contributed by atoms with Crippen LogP contribution in [-0.4, -0.2) is 30.6 Å². The summed E-state index contributed by atoms with van der Waals surface area (Å²) in [6, 6.07) is 16.4. The van der Waals surface area contributed by atoms with E-state index in [1.807, 2.05) is 0 Å². The zero-order valence-corrected chi connectivity index (χ0v) is 18.3. The Labute approximate surface area is 184 Å². The Morgan fingerprint density at radius 3 is 2.19 bits per heavy atom. The molecule has 2 aliphatic heterocycles. The van der Waals surface area contributed by atoms with E-state index in [0.29, 0.717) is 17.8 Å². The maximum Gasteiger partial charge on any atom is 0.321 e. The van der Waals surface area contributed by atoms with Gasteiger partial charge < -0.3 is 5.32 Å². The van der Waals surface area contributed by atoms with Crippen LogP contribution >= 0.6 is 0 Å². The lowest BCUT2D eigenvalue weighted by molar-refractivity contribution is 0.186. The van der Waals surface area contributed by atoms with Gasteiger partial charge in [0.25, 0.3) is 0 Å². The summed E-state index contributed by atoms with van der Waals surface area (Å²) >= 11 is 0. The first-order chi connectivity index (χ1) is 15.1. The monoisotopic (exact) mass is 421 g/mol. The van der Waals surface area contributed by atoms with E-state index < -0.39 is 0 Å². The molecule has 0 radical (unpaired) electrons. The van der Waals surface area contributed by atoms with Gasteiger partial charge in [0.1, 0.15) is 5.82 Å². The number of hydrogen-bond donors (Lipinski definition) is 1. The number of fused-ring (bicyclic) bond motifs is 5. The number of hydrogen-bond acceptors (Lipinski definition) is 2. The number of rotatable bonds is 5. The van der Waals surface area contributed by atoms with E-state index in [0.717, 1.165) is 18.8 Å². The van der Waals surface area contributed by atoms with E-state index >= 15 is 0 Å². The molecule has 2 unspecified atom stereocenters. The summed E-state index contributed by atoms with van der Waals surface area (Å²) in [6.45, 7) is 1.19. The summed E-state index contributed by atoms with van der Waals surface area (Å²) in [7, 11) is 1.73. The molecule has 1 N–H and O–H groups in total. The fourth-order valence-corrected chi connectivity index (χ4v) is 5.94. The number of urea groups is 1. The lowest BCUT2D eigenvalue weighted by Gasteiger charge is -2.32. The second-order valence-corrected chi connectivity index (χ2v) is 9.47. The van der Waals surface area contributed by atoms with Crippen LogP contribution in [0.1, 0.15) is 68.2 Å². The molecule has 1 saturated carbocycles. The smallest absolute Gasteiger partial charge is 0.321 e. The van der Waals surface area contributed by atoms with Gasteiger partial charge in [-0.3, -0.25) is 9.80 Å². The van der Waals surface area contributed by atoms with Gasteiger partial charge in [-0.05, 0) is 92.8 Å². The van der Waals surface area contributed by atoms with E-state index in [1.54, 1.807) is 35.2 Å². The summed E-state index contributed by atoms with van der Waals surface area (Å²) in [5.74, 6) is 0.466. The first-order valence-corrected chi connectivity index (χ1v) is 11.7. The third kappa shape index (κ3) is 4.08. The molecule has 2 aromatic rings. The summed E-state index contributed by atoms with van der Waals surface area (Å²) in [4.78, 5) is 16.9. The molecule has 1 saturated heterocycles. The van der Waals surface area contributed by atoms with Gasteiger partial charge in [0.2, 0.25) is 0 Å². The van der Waals surface area contributed by atoms with E-state index in [-0.39, 0.29) is 17.9 Å². The first kappa shape index (κ1) is 20.5. The van der Waals surface area contributed by atoms with E-state index in [4.69, 9.17) is 0 Å². The highest BCUT2D eigenvalue weighted by Gasteiger charge is 2.43. The number of nitrogens with zero attached hydrogens (tertiary/aromatic N) is 2. The average Bonchev–Trinajstić information content (AvgIpc) is 3.35. The molecule has 0 spiro atoms. The minimum absolute atomic E-state index is 0.110. The Kier molecular flexibility index (Phi) is 5.70. The second kappa shape index (κ2) is 8.62. The summed E-state index contributed by atoms with van der Waals surface area (Å²) in [6.07, 6.45) is 8.32. The minimum atomic E-state index is -0.290. The summed E-state index contributed by atoms with van der Waals surface area (Å²) in [5.41, 5.74) is 3.83. The van der Waals surface area contributed by atoms with Crippen molar-refractivity contribution in [2.24, 2.45) is 5.92 Å². The zero-order chi connectivity index (χ0) is 21.4. The van der Waals surface area contributed by atoms with Crippen molar-refractivity contribution in [2.75, 3.05) is 18.5 Å². The highest BCUT2D eigenvalue weighted by molar-refractivity contribution is 5.91. The fraction of sp³-hybridized carbons (Fsp3) is 0.500. The highest BCUT2D eigenvalue weighted by Crippen LogP contribution is 2.53. The molecule has 4 nitrogen and oxygen atoms in total. The zero-order valence-electron chi connectivity index (χ0n) is 18.3. The van der Waals surface area contributed by atoms with Crippen molar-refractivity contribution in [1.29, 1.82) is 0 Å². The summed E-state index contributed by atoms with van der Waals surface area (Å²) < 4.78 is 13.1. The van der Waals surface area contributed by atoms with Crippen molar-refractivity contribution < 1.29 is 9.18 Å². The molecule has 0 aromatic heterocycles. The van der Waals surface area contributed by atoms with Crippen LogP contribution in [0.5, 0.6) is 0 Å². The summed E-state index contributed by atoms with van der Waals surface area (Å²) in [5, 5.41) is 3.17. The molecule has 2 heterocycles. The van der Waals surface area contributed by atoms with Crippen LogP contribution in [0.25, 0.3) is 0 Å². The van der Waals surface area contributed by atoms with Crippen LogP contribution in [0.4, 0.5) is 14.9 Å². The van der Waals surface area contributed by atoms with Gasteiger partial charge in [0.05, 0.1) is 0 Å². The predicted octanol–water partition coefficient (Wildman–Crippen LogP) is 5.81. The van der Waals surface area contributed by atoms with Crippen LogP contribution in [-0.2, 0) is 0 Å². The number of halogens is 1. The van der Waals surface area contributed by atoms with Crippen molar-refractivity contribution in [2.45, 2.75) is 63.1 Å². The Hall–Kier alpha value is -2.40. The van der Waals surface area contributed by atoms with Gasteiger partial charge in [-0.15, -0.1) is 0 Å². The van der Waals surface area contributed by atoms with Crippen LogP contribution < -0.4 is 10.2 Å². The Morgan fingerprint density at radius 1 is 0.968 bits per heavy atom. The number of carbonyl (C=O) groups excluding carboxylic acids is 1. The number of anilines is 1. The largest absolute Gasteiger partial charge is 0.335 e. The molecule has 3 aliphatic rings. The minimum Gasteiger partial charge on any atom is -0.335 e. The molecule has 31 heavy (non-hydrogen) atoms. The Balaban J connectivity index is 1.08. The molecule has 1 aliphatic carbocycles. The van der Waals surface area contributed by atoms with Crippen molar-refractivity contribution in [3.63, 3.8) is 0 Å². The molecule has 2 atom stereocenters. The van der Waals surface area contributed by atoms with Gasteiger partial charge in [0, 0.05) is 30.9 Å². The van der Waals surface area contributed by atoms with Gasteiger partial charge in [-0.2, -0.15) is 0 Å². The Bertz CT molecular complexity index is 892. The molecule has 2 aromatic carbocycles. The van der Waals surface area contributed by atoms with Crippen LogP contribution in [0.15, 0.2) is 48.5 Å². The van der Waals surface area contributed by atoms with Crippen molar-refractivity contribution in [3.8, 4) is 0 Å². The lowest BCUT2D eigenvalue weighted by Crippen LogP contribution is -2.44. The number of benzene rings is 2. The van der Waals surface area contributed by atoms with Crippen molar-refractivity contribution >= 4 is 11.7 Å². The van der Waals surface area contributed by atoms with Crippen LogP contribution in [0, 0.1) is 11.7 Å². The molecule has 2 fully saturated rings. The molecule has 2 amide bonds. The predicted molar refractivity (Wildman–Crippen MR) is 122 cm³/mol. The van der Waals surface area contributed by atoms with Crippen LogP contribution in [0.3, 0.4) is 0 Å². The maximum absolute atomic E-state index is 13.1. The van der Waals surface area contributed by atoms with Gasteiger partial charge in [-0.25, -0.2) is 9.18 Å². The number of carbonyl (C=O) groups is 1. The van der Waals surface area contributed by atoms with Gasteiger partial charge in [-0.1, -0.05) is 24.3 Å². The quantitative estimate of drug-likeness (QED) is 0.661. The number of amides is 2. The third-order valence-electron chi connectivity index (χ3n) is 7.72. The molecule has 164 valence electrons. The molecule has 5 rings (SSSR count). The topological polar surface area (TPSA) is 35.6 Å². The third-order valence-corrected chi connectivity index (χ3v) is 7.72. The number of nitrogens with one attached hydrogen (secondary N) is 1. The molecular weight excluding hydrogens is 389 g/mol. The van der Waals surface area contributed by atoms with E-state index in [9.17, 15) is 9.18 Å². The Morgan fingerprint density at radius 2 is 1.58 bits per heavy atom. The van der Waals surface area contributed by atoms with Crippen LogP contribution in [0.2, 0.25) is 0 Å². The van der Waals surface area contributed by atoms with Gasteiger partial charge in [0.15, 0.2) is 0 Å². The fourth-order valence-electron chi connectivity index (χ4n) is 5.94. The van der Waals surface area contributed by atoms with Crippen molar-refractivity contribution in [3.05, 3.63) is 65.5 Å². The maximum atomic E-state index is 13.1. The highest BCUT2D eigenvalue weighted by atomic mass is 19.1. The van der Waals surface area contributed by atoms with E-state index in [2.05, 4.69) is 34.5 Å². The second-order valence-electron chi connectivity index (χ2n) is 9.47. The van der Waals surface area contributed by atoms with Crippen molar-refractivity contribution in [1.82, 2.24) is 10.2 Å². The standard InChI is InChI=1S/C26H32FN3O/c1-29(21-12-8-19(27)9-13-21)26(31)28-20-10-6-18(7-11-20)16-17-30-24-14-15-25(30)23-5-3-2-4-22(23)24/h2-5,8-9,12-13,18,20,24-25H,6-7,10-11,14-17H2,1H3,(H,28,31). The normalized spacial score (nSPS) is 27.2.